The van der Waals surface area contributed by atoms with E-state index in [0.29, 0.717) is 11.1 Å². The predicted octanol–water partition coefficient (Wildman–Crippen LogP) is 6.71. The van der Waals surface area contributed by atoms with E-state index in [9.17, 15) is 26.7 Å². The molecule has 0 saturated carbocycles. The maximum Gasteiger partial charge on any atom is 0.416 e. The number of carbonyl (C=O) groups is 1. The third-order valence-electron chi connectivity index (χ3n) is 5.06. The highest BCUT2D eigenvalue weighted by Crippen LogP contribution is 2.34. The largest absolute Gasteiger partial charge is 0.471 e. The molecule has 0 aliphatic carbocycles. The standard InChI is InChI=1S/C25H17ClF5N3O2/c26-21-10-5-17(25(29,30)31)11-22(21)32-23(35)20-13-34(12-15-1-6-18(27)7-2-15)33-24(20)36-14-16-3-8-19(28)9-4-16/h1-11,13H,12,14H2,(H,32,35). The van der Waals surface area contributed by atoms with Crippen LogP contribution in [-0.4, -0.2) is 15.7 Å². The fraction of sp³-hybridized carbons (Fsp3) is 0.120. The van der Waals surface area contributed by atoms with Gasteiger partial charge in [0, 0.05) is 6.20 Å². The van der Waals surface area contributed by atoms with Gasteiger partial charge in [0.15, 0.2) is 0 Å². The van der Waals surface area contributed by atoms with E-state index in [-0.39, 0.29) is 35.3 Å². The zero-order valence-electron chi connectivity index (χ0n) is 18.3. The highest BCUT2D eigenvalue weighted by atomic mass is 35.5. The van der Waals surface area contributed by atoms with E-state index in [1.165, 1.54) is 59.4 Å². The van der Waals surface area contributed by atoms with E-state index in [1.807, 2.05) is 0 Å². The Bertz CT molecular complexity index is 1370. The van der Waals surface area contributed by atoms with Crippen molar-refractivity contribution in [1.29, 1.82) is 0 Å². The van der Waals surface area contributed by atoms with Crippen LogP contribution in [0.4, 0.5) is 27.6 Å². The van der Waals surface area contributed by atoms with E-state index in [2.05, 4.69) is 10.4 Å². The first-order chi connectivity index (χ1) is 17.1. The number of hydrogen-bond acceptors (Lipinski definition) is 3. The Morgan fingerprint density at radius 1 is 0.944 bits per heavy atom. The van der Waals surface area contributed by atoms with Gasteiger partial charge in [-0.2, -0.15) is 13.2 Å². The molecule has 0 aliphatic rings. The van der Waals surface area contributed by atoms with Crippen molar-refractivity contribution in [2.24, 2.45) is 0 Å². The molecule has 4 rings (SSSR count). The van der Waals surface area contributed by atoms with Crippen LogP contribution >= 0.6 is 11.6 Å². The van der Waals surface area contributed by atoms with Crippen molar-refractivity contribution in [2.75, 3.05) is 5.32 Å². The molecule has 5 nitrogen and oxygen atoms in total. The van der Waals surface area contributed by atoms with Gasteiger partial charge in [-0.05, 0) is 53.6 Å². The lowest BCUT2D eigenvalue weighted by Crippen LogP contribution is -2.14. The number of aromatic nitrogens is 2. The van der Waals surface area contributed by atoms with Crippen LogP contribution < -0.4 is 10.1 Å². The van der Waals surface area contributed by atoms with Gasteiger partial charge in [-0.3, -0.25) is 9.48 Å². The average Bonchev–Trinajstić information content (AvgIpc) is 3.23. The average molecular weight is 522 g/mol. The molecular formula is C25H17ClF5N3O2. The van der Waals surface area contributed by atoms with Gasteiger partial charge >= 0.3 is 6.18 Å². The molecule has 0 spiro atoms. The van der Waals surface area contributed by atoms with Crippen molar-refractivity contribution in [3.63, 3.8) is 0 Å². The summed E-state index contributed by atoms with van der Waals surface area (Å²) in [5.74, 6) is -1.77. The summed E-state index contributed by atoms with van der Waals surface area (Å²) in [4.78, 5) is 13.0. The molecule has 1 N–H and O–H groups in total. The van der Waals surface area contributed by atoms with E-state index in [1.54, 1.807) is 0 Å². The minimum absolute atomic E-state index is 0.0571. The molecule has 0 bridgehead atoms. The number of rotatable bonds is 7. The Labute approximate surface area is 207 Å². The van der Waals surface area contributed by atoms with Crippen LogP contribution in [-0.2, 0) is 19.3 Å². The van der Waals surface area contributed by atoms with Crippen molar-refractivity contribution in [3.05, 3.63) is 112 Å². The highest BCUT2D eigenvalue weighted by Gasteiger charge is 2.31. The number of amides is 1. The van der Waals surface area contributed by atoms with Gasteiger partial charge in [-0.25, -0.2) is 8.78 Å². The maximum absolute atomic E-state index is 13.2. The Morgan fingerprint density at radius 3 is 2.17 bits per heavy atom. The molecule has 0 atom stereocenters. The van der Waals surface area contributed by atoms with E-state index < -0.39 is 29.3 Å². The second-order valence-electron chi connectivity index (χ2n) is 7.73. The monoisotopic (exact) mass is 521 g/mol. The molecule has 4 aromatic rings. The van der Waals surface area contributed by atoms with Crippen molar-refractivity contribution in [3.8, 4) is 5.88 Å². The summed E-state index contributed by atoms with van der Waals surface area (Å²) < 4.78 is 72.8. The topological polar surface area (TPSA) is 56.2 Å². The normalized spacial score (nSPS) is 11.4. The number of anilines is 1. The zero-order valence-corrected chi connectivity index (χ0v) is 19.1. The summed E-state index contributed by atoms with van der Waals surface area (Å²) >= 11 is 6.00. The Kier molecular flexibility index (Phi) is 7.25. The number of halogens is 6. The molecular weight excluding hydrogens is 505 g/mol. The summed E-state index contributed by atoms with van der Waals surface area (Å²) in [6.07, 6.45) is -3.28. The van der Waals surface area contributed by atoms with Gasteiger partial charge in [0.1, 0.15) is 23.8 Å². The second-order valence-corrected chi connectivity index (χ2v) is 8.14. The molecule has 0 fully saturated rings. The predicted molar refractivity (Wildman–Crippen MR) is 123 cm³/mol. The first-order valence-corrected chi connectivity index (χ1v) is 10.8. The lowest BCUT2D eigenvalue weighted by molar-refractivity contribution is -0.137. The second kappa shape index (κ2) is 10.4. The Morgan fingerprint density at radius 2 is 1.56 bits per heavy atom. The molecule has 11 heteroatoms. The zero-order chi connectivity index (χ0) is 25.9. The first-order valence-electron chi connectivity index (χ1n) is 10.5. The first kappa shape index (κ1) is 25.2. The number of nitrogens with zero attached hydrogens (tertiary/aromatic N) is 2. The summed E-state index contributed by atoms with van der Waals surface area (Å²) in [6, 6.07) is 13.7. The minimum Gasteiger partial charge on any atom is -0.471 e. The van der Waals surface area contributed by atoms with Crippen LogP contribution in [0.15, 0.2) is 72.9 Å². The van der Waals surface area contributed by atoms with Crippen molar-refractivity contribution in [1.82, 2.24) is 9.78 Å². The van der Waals surface area contributed by atoms with Crippen LogP contribution in [0.25, 0.3) is 0 Å². The SMILES string of the molecule is O=C(Nc1cc(C(F)(F)F)ccc1Cl)c1cn(Cc2ccc(F)cc2)nc1OCc1ccc(F)cc1. The number of benzene rings is 3. The van der Waals surface area contributed by atoms with Crippen molar-refractivity contribution < 1.29 is 31.5 Å². The van der Waals surface area contributed by atoms with Crippen LogP contribution in [0, 0.1) is 11.6 Å². The van der Waals surface area contributed by atoms with Crippen LogP contribution in [0.1, 0.15) is 27.0 Å². The summed E-state index contributed by atoms with van der Waals surface area (Å²) in [5.41, 5.74) is -0.0319. The van der Waals surface area contributed by atoms with Gasteiger partial charge in [-0.1, -0.05) is 35.9 Å². The number of nitrogens with one attached hydrogen (secondary N) is 1. The summed E-state index contributed by atoms with van der Waals surface area (Å²) in [5, 5.41) is 6.53. The van der Waals surface area contributed by atoms with E-state index in [0.717, 1.165) is 18.2 Å². The number of ether oxygens (including phenoxy) is 1. The van der Waals surface area contributed by atoms with Gasteiger partial charge in [0.2, 0.25) is 5.88 Å². The van der Waals surface area contributed by atoms with Gasteiger partial charge in [0.25, 0.3) is 5.91 Å². The van der Waals surface area contributed by atoms with Crippen molar-refractivity contribution >= 4 is 23.2 Å². The molecule has 3 aromatic carbocycles. The summed E-state index contributed by atoms with van der Waals surface area (Å²) in [6.45, 7) is 0.100. The molecule has 36 heavy (non-hydrogen) atoms. The lowest BCUT2D eigenvalue weighted by Gasteiger charge is -2.12. The molecule has 1 aromatic heterocycles. The minimum atomic E-state index is -4.63. The number of alkyl halides is 3. The summed E-state index contributed by atoms with van der Waals surface area (Å²) in [7, 11) is 0. The van der Waals surface area contributed by atoms with Gasteiger partial charge in [0.05, 0.1) is 22.8 Å². The van der Waals surface area contributed by atoms with E-state index in [4.69, 9.17) is 16.3 Å². The van der Waals surface area contributed by atoms with Crippen molar-refractivity contribution in [2.45, 2.75) is 19.3 Å². The Balaban J connectivity index is 1.61. The van der Waals surface area contributed by atoms with Gasteiger partial charge < -0.3 is 10.1 Å². The van der Waals surface area contributed by atoms with Gasteiger partial charge in [-0.15, -0.1) is 5.10 Å². The quantitative estimate of drug-likeness (QED) is 0.275. The third kappa shape index (κ3) is 6.19. The fourth-order valence-electron chi connectivity index (χ4n) is 3.24. The van der Waals surface area contributed by atoms with Crippen LogP contribution in [0.5, 0.6) is 5.88 Å². The third-order valence-corrected chi connectivity index (χ3v) is 5.39. The molecule has 1 heterocycles. The van der Waals surface area contributed by atoms with E-state index >= 15 is 0 Å². The lowest BCUT2D eigenvalue weighted by atomic mass is 10.2. The molecule has 1 amide bonds. The molecule has 186 valence electrons. The smallest absolute Gasteiger partial charge is 0.416 e. The number of carbonyl (C=O) groups excluding carboxylic acids is 1. The molecule has 0 aliphatic heterocycles. The fourth-order valence-corrected chi connectivity index (χ4v) is 3.41. The Hall–Kier alpha value is -3.92. The maximum atomic E-state index is 13.2. The number of hydrogen-bond donors (Lipinski definition) is 1. The molecule has 0 saturated heterocycles. The molecule has 0 radical (unpaired) electrons. The highest BCUT2D eigenvalue weighted by molar-refractivity contribution is 6.34. The molecule has 0 unspecified atom stereocenters. The van der Waals surface area contributed by atoms with Crippen LogP contribution in [0.3, 0.4) is 0 Å². The van der Waals surface area contributed by atoms with Crippen LogP contribution in [0.2, 0.25) is 5.02 Å².